The van der Waals surface area contributed by atoms with Crippen LogP contribution in [0.15, 0.2) is 5.11 Å². The zero-order chi connectivity index (χ0) is 16.3. The van der Waals surface area contributed by atoms with E-state index in [2.05, 4.69) is 10.0 Å². The van der Waals surface area contributed by atoms with Crippen molar-refractivity contribution in [3.8, 4) is 0 Å². The van der Waals surface area contributed by atoms with E-state index in [4.69, 9.17) is 29.6 Å². The van der Waals surface area contributed by atoms with E-state index in [0.29, 0.717) is 52.8 Å². The molecule has 0 spiro atoms. The van der Waals surface area contributed by atoms with E-state index in [9.17, 15) is 4.79 Å². The number of hydrogen-bond donors (Lipinski definition) is 1. The van der Waals surface area contributed by atoms with Crippen LogP contribution in [0, 0.1) is 0 Å². The molecule has 0 aromatic rings. The van der Waals surface area contributed by atoms with Gasteiger partial charge in [-0.1, -0.05) is 5.11 Å². The van der Waals surface area contributed by atoms with E-state index in [-0.39, 0.29) is 6.61 Å². The number of rotatable bonds is 17. The van der Waals surface area contributed by atoms with Crippen molar-refractivity contribution in [1.29, 1.82) is 0 Å². The van der Waals surface area contributed by atoms with Gasteiger partial charge in [-0.2, -0.15) is 0 Å². The molecule has 0 rings (SSSR count). The number of carbonyl (C=O) groups is 1. The molecule has 9 nitrogen and oxygen atoms in total. The van der Waals surface area contributed by atoms with E-state index in [1.165, 1.54) is 0 Å². The Morgan fingerprint density at radius 3 is 2.00 bits per heavy atom. The van der Waals surface area contributed by atoms with Crippen molar-refractivity contribution in [2.45, 2.75) is 19.3 Å². The fourth-order valence-corrected chi connectivity index (χ4v) is 1.44. The van der Waals surface area contributed by atoms with Crippen molar-refractivity contribution in [2.75, 3.05) is 59.4 Å². The maximum absolute atomic E-state index is 10.2. The van der Waals surface area contributed by atoms with Crippen molar-refractivity contribution >= 4 is 5.97 Å². The zero-order valence-corrected chi connectivity index (χ0v) is 12.8. The third-order valence-corrected chi connectivity index (χ3v) is 2.45. The lowest BCUT2D eigenvalue weighted by molar-refractivity contribution is -0.142. The summed E-state index contributed by atoms with van der Waals surface area (Å²) in [5.41, 5.74) is 8.04. The fourth-order valence-electron chi connectivity index (χ4n) is 1.44. The molecule has 0 atom stereocenters. The smallest absolute Gasteiger partial charge is 0.329 e. The SMILES string of the molecule is [N-]=[N+]=NCCOCCOCCOCCCCCOCC(=O)O. The van der Waals surface area contributed by atoms with Gasteiger partial charge >= 0.3 is 5.97 Å². The zero-order valence-electron chi connectivity index (χ0n) is 12.8. The van der Waals surface area contributed by atoms with Crippen LogP contribution in [0.5, 0.6) is 0 Å². The second-order valence-corrected chi connectivity index (χ2v) is 4.30. The van der Waals surface area contributed by atoms with E-state index in [1.54, 1.807) is 0 Å². The minimum atomic E-state index is -0.940. The molecule has 22 heavy (non-hydrogen) atoms. The highest BCUT2D eigenvalue weighted by atomic mass is 16.5. The van der Waals surface area contributed by atoms with Gasteiger partial charge in [0.05, 0.1) is 33.0 Å². The molecule has 0 aliphatic rings. The largest absolute Gasteiger partial charge is 0.480 e. The van der Waals surface area contributed by atoms with Gasteiger partial charge in [-0.3, -0.25) is 0 Å². The Balaban J connectivity index is 2.99. The Labute approximate surface area is 130 Å². The van der Waals surface area contributed by atoms with Crippen molar-refractivity contribution in [2.24, 2.45) is 5.11 Å². The number of carboxylic acid groups (broad SMARTS) is 1. The highest BCUT2D eigenvalue weighted by molar-refractivity contribution is 5.67. The lowest BCUT2D eigenvalue weighted by Crippen LogP contribution is -2.11. The predicted molar refractivity (Wildman–Crippen MR) is 78.8 cm³/mol. The molecule has 0 unspecified atom stereocenters. The standard InChI is InChI=1S/C13H25N3O6/c14-16-15-4-7-20-9-11-21-10-8-19-5-2-1-3-6-22-12-13(17)18/h1-12H2,(H,17,18). The van der Waals surface area contributed by atoms with E-state index in [0.717, 1.165) is 19.3 Å². The quantitative estimate of drug-likeness (QED) is 0.188. The first kappa shape index (κ1) is 20.6. The summed E-state index contributed by atoms with van der Waals surface area (Å²) in [4.78, 5) is 12.8. The Bertz CT molecular complexity index is 294. The molecule has 0 saturated heterocycles. The highest BCUT2D eigenvalue weighted by Crippen LogP contribution is 1.96. The molecule has 0 fully saturated rings. The summed E-state index contributed by atoms with van der Waals surface area (Å²) in [7, 11) is 0. The van der Waals surface area contributed by atoms with Gasteiger partial charge in [-0.15, -0.1) is 0 Å². The molecule has 0 aliphatic carbocycles. The normalized spacial score (nSPS) is 10.4. The second-order valence-electron chi connectivity index (χ2n) is 4.30. The Hall–Kier alpha value is -1.38. The molecule has 0 aliphatic heterocycles. The number of carboxylic acids is 1. The van der Waals surface area contributed by atoms with E-state index >= 15 is 0 Å². The maximum Gasteiger partial charge on any atom is 0.329 e. The topological polar surface area (TPSA) is 123 Å². The summed E-state index contributed by atoms with van der Waals surface area (Å²) < 4.78 is 20.8. The fraction of sp³-hybridized carbons (Fsp3) is 0.923. The molecule has 0 radical (unpaired) electrons. The molecule has 0 bridgehead atoms. The van der Waals surface area contributed by atoms with Crippen molar-refractivity contribution in [3.63, 3.8) is 0 Å². The summed E-state index contributed by atoms with van der Waals surface area (Å²) >= 11 is 0. The molecule has 0 aromatic carbocycles. The monoisotopic (exact) mass is 319 g/mol. The number of azide groups is 1. The van der Waals surface area contributed by atoms with Crippen LogP contribution in [0.4, 0.5) is 0 Å². The van der Waals surface area contributed by atoms with Crippen LogP contribution in [0.2, 0.25) is 0 Å². The molecular weight excluding hydrogens is 294 g/mol. The van der Waals surface area contributed by atoms with Crippen molar-refractivity contribution in [1.82, 2.24) is 0 Å². The Kier molecular flexibility index (Phi) is 16.6. The van der Waals surface area contributed by atoms with E-state index < -0.39 is 5.97 Å². The number of hydrogen-bond acceptors (Lipinski definition) is 6. The van der Waals surface area contributed by atoms with Gasteiger partial charge in [0, 0.05) is 24.7 Å². The molecule has 0 heterocycles. The Morgan fingerprint density at radius 2 is 1.41 bits per heavy atom. The number of aliphatic carboxylic acids is 1. The van der Waals surface area contributed by atoms with Crippen LogP contribution in [0.3, 0.4) is 0 Å². The number of unbranched alkanes of at least 4 members (excludes halogenated alkanes) is 2. The minimum Gasteiger partial charge on any atom is -0.480 e. The average Bonchev–Trinajstić information content (AvgIpc) is 2.50. The van der Waals surface area contributed by atoms with Crippen LogP contribution in [-0.2, 0) is 23.7 Å². The lowest BCUT2D eigenvalue weighted by atomic mass is 10.2. The summed E-state index contributed by atoms with van der Waals surface area (Å²) in [6, 6.07) is 0. The third kappa shape index (κ3) is 18.6. The lowest BCUT2D eigenvalue weighted by Gasteiger charge is -2.06. The van der Waals surface area contributed by atoms with Crippen LogP contribution >= 0.6 is 0 Å². The van der Waals surface area contributed by atoms with Crippen molar-refractivity contribution < 1.29 is 28.8 Å². The maximum atomic E-state index is 10.2. The first-order valence-corrected chi connectivity index (χ1v) is 7.31. The molecule has 1 N–H and O–H groups in total. The first-order valence-electron chi connectivity index (χ1n) is 7.31. The van der Waals surface area contributed by atoms with Gasteiger partial charge in [0.15, 0.2) is 0 Å². The van der Waals surface area contributed by atoms with Gasteiger partial charge in [0.25, 0.3) is 0 Å². The summed E-state index contributed by atoms with van der Waals surface area (Å²) in [5, 5.41) is 11.7. The molecule has 0 amide bonds. The predicted octanol–water partition coefficient (Wildman–Crippen LogP) is 1.62. The molecule has 0 saturated carbocycles. The van der Waals surface area contributed by atoms with Crippen LogP contribution in [-0.4, -0.2) is 70.5 Å². The van der Waals surface area contributed by atoms with E-state index in [1.807, 2.05) is 0 Å². The van der Waals surface area contributed by atoms with Gasteiger partial charge in [-0.25, -0.2) is 4.79 Å². The van der Waals surface area contributed by atoms with Crippen molar-refractivity contribution in [3.05, 3.63) is 10.4 Å². The minimum absolute atomic E-state index is 0.233. The number of nitrogens with zero attached hydrogens (tertiary/aromatic N) is 3. The summed E-state index contributed by atoms with van der Waals surface area (Å²) in [5.74, 6) is -0.940. The highest BCUT2D eigenvalue weighted by Gasteiger charge is 1.96. The molecular formula is C13H25N3O6. The summed E-state index contributed by atoms with van der Waals surface area (Å²) in [6.07, 6.45) is 2.69. The first-order chi connectivity index (χ1) is 10.8. The van der Waals surface area contributed by atoms with Gasteiger partial charge in [0.2, 0.25) is 0 Å². The van der Waals surface area contributed by atoms with Gasteiger partial charge < -0.3 is 24.1 Å². The van der Waals surface area contributed by atoms with Gasteiger partial charge in [-0.05, 0) is 24.8 Å². The average molecular weight is 319 g/mol. The third-order valence-electron chi connectivity index (χ3n) is 2.45. The van der Waals surface area contributed by atoms with Gasteiger partial charge in [0.1, 0.15) is 6.61 Å². The van der Waals surface area contributed by atoms with Crippen LogP contribution < -0.4 is 0 Å². The number of ether oxygens (including phenoxy) is 4. The van der Waals surface area contributed by atoms with Crippen LogP contribution in [0.1, 0.15) is 19.3 Å². The van der Waals surface area contributed by atoms with Crippen LogP contribution in [0.25, 0.3) is 10.4 Å². The molecule has 9 heteroatoms. The Morgan fingerprint density at radius 1 is 0.864 bits per heavy atom. The molecule has 128 valence electrons. The molecule has 0 aromatic heterocycles. The second kappa shape index (κ2) is 17.7. The summed E-state index contributed by atoms with van der Waals surface area (Å²) in [6.45, 7) is 3.64.